The number of amides is 1. The zero-order chi connectivity index (χ0) is 13.5. The summed E-state index contributed by atoms with van der Waals surface area (Å²) in [6.45, 7) is 6.72. The van der Waals surface area contributed by atoms with Crippen molar-refractivity contribution in [3.63, 3.8) is 0 Å². The topological polar surface area (TPSA) is 55.1 Å². The van der Waals surface area contributed by atoms with Crippen molar-refractivity contribution in [2.45, 2.75) is 39.5 Å². The molecule has 0 heterocycles. The zero-order valence-electron chi connectivity index (χ0n) is 11.6. The van der Waals surface area contributed by atoms with E-state index in [9.17, 15) is 4.79 Å². The molecule has 0 bridgehead atoms. The van der Waals surface area contributed by atoms with Gasteiger partial charge in [-0.05, 0) is 24.0 Å². The molecule has 3 N–H and O–H groups in total. The Balaban J connectivity index is 2.80. The van der Waals surface area contributed by atoms with Crippen molar-refractivity contribution in [3.05, 3.63) is 29.8 Å². The molecule has 1 amide bonds. The summed E-state index contributed by atoms with van der Waals surface area (Å²) in [7, 11) is 0. The van der Waals surface area contributed by atoms with E-state index in [-0.39, 0.29) is 11.8 Å². The Hall–Kier alpha value is -1.35. The summed E-state index contributed by atoms with van der Waals surface area (Å²) in [6, 6.07) is 7.94. The molecule has 3 heteroatoms. The third-order valence-corrected chi connectivity index (χ3v) is 3.13. The first-order valence-corrected chi connectivity index (χ1v) is 6.70. The maximum absolute atomic E-state index is 12.1. The van der Waals surface area contributed by atoms with Gasteiger partial charge in [-0.2, -0.15) is 0 Å². The molecule has 0 saturated heterocycles. The number of para-hydroxylation sites is 1. The standard InChI is InChI=1S/C15H24N2O/c1-4-7-12(10-16)15(18)17-14-9-6-5-8-13(14)11(2)3/h5-6,8-9,11-12H,4,7,10,16H2,1-3H3,(H,17,18). The predicted molar refractivity (Wildman–Crippen MR) is 76.6 cm³/mol. The molecule has 0 saturated carbocycles. The van der Waals surface area contributed by atoms with Crippen LogP contribution in [-0.2, 0) is 4.79 Å². The number of nitrogens with one attached hydrogen (secondary N) is 1. The van der Waals surface area contributed by atoms with Gasteiger partial charge in [0, 0.05) is 12.2 Å². The average molecular weight is 248 g/mol. The van der Waals surface area contributed by atoms with Crippen LogP contribution in [-0.4, -0.2) is 12.5 Å². The van der Waals surface area contributed by atoms with Crippen molar-refractivity contribution < 1.29 is 4.79 Å². The number of benzene rings is 1. The van der Waals surface area contributed by atoms with E-state index in [4.69, 9.17) is 5.73 Å². The van der Waals surface area contributed by atoms with Crippen molar-refractivity contribution in [3.8, 4) is 0 Å². The number of hydrogen-bond donors (Lipinski definition) is 2. The molecular weight excluding hydrogens is 224 g/mol. The summed E-state index contributed by atoms with van der Waals surface area (Å²) in [6.07, 6.45) is 1.81. The highest BCUT2D eigenvalue weighted by Gasteiger charge is 2.17. The van der Waals surface area contributed by atoms with Gasteiger partial charge < -0.3 is 11.1 Å². The van der Waals surface area contributed by atoms with Crippen LogP contribution in [0.15, 0.2) is 24.3 Å². The maximum atomic E-state index is 12.1. The number of rotatable bonds is 6. The number of carbonyl (C=O) groups excluding carboxylic acids is 1. The predicted octanol–water partition coefficient (Wildman–Crippen LogP) is 3.12. The van der Waals surface area contributed by atoms with E-state index < -0.39 is 0 Å². The SMILES string of the molecule is CCCC(CN)C(=O)Nc1ccccc1C(C)C. The van der Waals surface area contributed by atoms with Crippen molar-refractivity contribution >= 4 is 11.6 Å². The number of nitrogens with two attached hydrogens (primary N) is 1. The fourth-order valence-electron chi connectivity index (χ4n) is 2.05. The lowest BCUT2D eigenvalue weighted by atomic mass is 9.99. The Kier molecular flexibility index (Phi) is 5.86. The van der Waals surface area contributed by atoms with Gasteiger partial charge in [0.15, 0.2) is 0 Å². The monoisotopic (exact) mass is 248 g/mol. The van der Waals surface area contributed by atoms with Gasteiger partial charge in [-0.25, -0.2) is 0 Å². The van der Waals surface area contributed by atoms with Crippen molar-refractivity contribution in [2.24, 2.45) is 11.7 Å². The molecule has 1 unspecified atom stereocenters. The van der Waals surface area contributed by atoms with Crippen LogP contribution >= 0.6 is 0 Å². The average Bonchev–Trinajstić information content (AvgIpc) is 2.36. The Morgan fingerprint density at radius 1 is 1.33 bits per heavy atom. The van der Waals surface area contributed by atoms with E-state index in [0.29, 0.717) is 12.5 Å². The fourth-order valence-corrected chi connectivity index (χ4v) is 2.05. The minimum atomic E-state index is -0.0878. The van der Waals surface area contributed by atoms with Crippen LogP contribution in [0.2, 0.25) is 0 Å². The first kappa shape index (κ1) is 14.7. The molecule has 1 rings (SSSR count). The van der Waals surface area contributed by atoms with Crippen LogP contribution in [0.3, 0.4) is 0 Å². The van der Waals surface area contributed by atoms with Crippen LogP contribution in [0.1, 0.15) is 45.1 Å². The summed E-state index contributed by atoms with van der Waals surface area (Å²) in [4.78, 5) is 12.1. The lowest BCUT2D eigenvalue weighted by Crippen LogP contribution is -2.29. The van der Waals surface area contributed by atoms with Gasteiger partial charge in [0.05, 0.1) is 5.92 Å². The van der Waals surface area contributed by atoms with Crippen LogP contribution in [0.5, 0.6) is 0 Å². The second-order valence-corrected chi connectivity index (χ2v) is 4.95. The summed E-state index contributed by atoms with van der Waals surface area (Å²) in [5.74, 6) is 0.340. The summed E-state index contributed by atoms with van der Waals surface area (Å²) in [5.41, 5.74) is 7.72. The van der Waals surface area contributed by atoms with E-state index >= 15 is 0 Å². The molecule has 1 atom stereocenters. The number of anilines is 1. The van der Waals surface area contributed by atoms with Gasteiger partial charge in [0.2, 0.25) is 5.91 Å². The van der Waals surface area contributed by atoms with E-state index in [1.54, 1.807) is 0 Å². The molecule has 0 aliphatic carbocycles. The Bertz CT molecular complexity index is 388. The highest BCUT2D eigenvalue weighted by molar-refractivity contribution is 5.93. The highest BCUT2D eigenvalue weighted by Crippen LogP contribution is 2.24. The second-order valence-electron chi connectivity index (χ2n) is 4.95. The molecule has 0 aromatic heterocycles. The van der Waals surface area contributed by atoms with Gasteiger partial charge in [-0.1, -0.05) is 45.4 Å². The van der Waals surface area contributed by atoms with Gasteiger partial charge >= 0.3 is 0 Å². The molecule has 0 spiro atoms. The molecule has 18 heavy (non-hydrogen) atoms. The van der Waals surface area contributed by atoms with E-state index in [2.05, 4.69) is 32.2 Å². The van der Waals surface area contributed by atoms with Crippen molar-refractivity contribution in [1.29, 1.82) is 0 Å². The molecule has 1 aromatic rings. The second kappa shape index (κ2) is 7.17. The first-order valence-electron chi connectivity index (χ1n) is 6.70. The van der Waals surface area contributed by atoms with Gasteiger partial charge in [0.1, 0.15) is 0 Å². The summed E-state index contributed by atoms with van der Waals surface area (Å²) < 4.78 is 0. The molecule has 0 fully saturated rings. The van der Waals surface area contributed by atoms with Crippen molar-refractivity contribution in [1.82, 2.24) is 0 Å². The third-order valence-electron chi connectivity index (χ3n) is 3.13. The van der Waals surface area contributed by atoms with Crippen LogP contribution in [0, 0.1) is 5.92 Å². The normalized spacial score (nSPS) is 12.5. The quantitative estimate of drug-likeness (QED) is 0.812. The summed E-state index contributed by atoms with van der Waals surface area (Å²) in [5, 5.41) is 3.01. The Morgan fingerprint density at radius 2 is 2.00 bits per heavy atom. The molecule has 0 aliphatic heterocycles. The highest BCUT2D eigenvalue weighted by atomic mass is 16.1. The van der Waals surface area contributed by atoms with E-state index in [1.165, 1.54) is 0 Å². The lowest BCUT2D eigenvalue weighted by molar-refractivity contribution is -0.119. The Labute approximate surface area is 110 Å². The molecular formula is C15H24N2O. The number of hydrogen-bond acceptors (Lipinski definition) is 2. The van der Waals surface area contributed by atoms with Gasteiger partial charge in [0.25, 0.3) is 0 Å². The fraction of sp³-hybridized carbons (Fsp3) is 0.533. The molecule has 0 radical (unpaired) electrons. The summed E-state index contributed by atoms with van der Waals surface area (Å²) >= 11 is 0. The van der Waals surface area contributed by atoms with E-state index in [1.807, 2.05) is 18.2 Å². The number of carbonyl (C=O) groups is 1. The van der Waals surface area contributed by atoms with Crippen LogP contribution < -0.4 is 11.1 Å². The van der Waals surface area contributed by atoms with Gasteiger partial charge in [-0.3, -0.25) is 4.79 Å². The molecule has 0 aliphatic rings. The lowest BCUT2D eigenvalue weighted by Gasteiger charge is -2.17. The Morgan fingerprint density at radius 3 is 2.56 bits per heavy atom. The van der Waals surface area contributed by atoms with Gasteiger partial charge in [-0.15, -0.1) is 0 Å². The smallest absolute Gasteiger partial charge is 0.228 e. The van der Waals surface area contributed by atoms with E-state index in [0.717, 1.165) is 24.1 Å². The molecule has 1 aromatic carbocycles. The van der Waals surface area contributed by atoms with Crippen LogP contribution in [0.25, 0.3) is 0 Å². The maximum Gasteiger partial charge on any atom is 0.228 e. The first-order chi connectivity index (χ1) is 8.60. The minimum absolute atomic E-state index is 0.0347. The third kappa shape index (κ3) is 3.84. The zero-order valence-corrected chi connectivity index (χ0v) is 11.6. The largest absolute Gasteiger partial charge is 0.330 e. The molecule has 100 valence electrons. The van der Waals surface area contributed by atoms with Crippen molar-refractivity contribution in [2.75, 3.05) is 11.9 Å². The molecule has 3 nitrogen and oxygen atoms in total. The minimum Gasteiger partial charge on any atom is -0.330 e. The van der Waals surface area contributed by atoms with Crippen LogP contribution in [0.4, 0.5) is 5.69 Å².